The Kier molecular flexibility index (Phi) is 4.08. The maximum atomic E-state index is 10.7. The minimum atomic E-state index is -0.782. The second-order valence-electron chi connectivity index (χ2n) is 6.35. The number of aliphatic carboxylic acids is 1. The van der Waals surface area contributed by atoms with Gasteiger partial charge in [0.1, 0.15) is 0 Å². The molecule has 4 rings (SSSR count). The van der Waals surface area contributed by atoms with Crippen LogP contribution in [-0.4, -0.2) is 30.7 Å². The summed E-state index contributed by atoms with van der Waals surface area (Å²) in [5, 5.41) is 14.3. The molecule has 0 amide bonds. The first-order valence-corrected chi connectivity index (χ1v) is 8.53. The normalized spacial score (nSPS) is 11.3. The molecule has 0 bridgehead atoms. The Balaban J connectivity index is 1.76. The highest BCUT2D eigenvalue weighted by Crippen LogP contribution is 2.26. The van der Waals surface area contributed by atoms with E-state index in [4.69, 9.17) is 10.1 Å². The van der Waals surface area contributed by atoms with E-state index in [0.29, 0.717) is 12.8 Å². The summed E-state index contributed by atoms with van der Waals surface area (Å²) in [7, 11) is 0. The highest BCUT2D eigenvalue weighted by Gasteiger charge is 2.12. The van der Waals surface area contributed by atoms with E-state index in [1.165, 1.54) is 0 Å². The fourth-order valence-electron chi connectivity index (χ4n) is 3.15. The summed E-state index contributed by atoms with van der Waals surface area (Å²) in [5.41, 5.74) is 5.46. The van der Waals surface area contributed by atoms with Crippen LogP contribution in [0.2, 0.25) is 0 Å². The van der Waals surface area contributed by atoms with Gasteiger partial charge >= 0.3 is 5.97 Å². The van der Waals surface area contributed by atoms with Crippen LogP contribution in [0.25, 0.3) is 27.7 Å². The molecule has 130 valence electrons. The van der Waals surface area contributed by atoms with Gasteiger partial charge in [-0.1, -0.05) is 18.2 Å². The first-order valence-electron chi connectivity index (χ1n) is 8.53. The number of carboxylic acid groups (broad SMARTS) is 1. The number of carbonyl (C=O) groups is 1. The zero-order valence-corrected chi connectivity index (χ0v) is 14.4. The predicted octanol–water partition coefficient (Wildman–Crippen LogP) is 3.66. The van der Waals surface area contributed by atoms with E-state index in [1.54, 1.807) is 0 Å². The van der Waals surface area contributed by atoms with Crippen molar-refractivity contribution >= 4 is 22.5 Å². The van der Waals surface area contributed by atoms with E-state index < -0.39 is 5.97 Å². The molecular formula is C20H18N4O2. The number of nitrogens with zero attached hydrogens (tertiary/aromatic N) is 4. The van der Waals surface area contributed by atoms with Crippen molar-refractivity contribution in [2.24, 2.45) is 0 Å². The Bertz CT molecular complexity index is 1120. The third-order valence-electron chi connectivity index (χ3n) is 4.43. The summed E-state index contributed by atoms with van der Waals surface area (Å²) in [6, 6.07) is 12.0. The van der Waals surface area contributed by atoms with Gasteiger partial charge in [0.2, 0.25) is 0 Å². The van der Waals surface area contributed by atoms with Crippen molar-refractivity contribution in [1.82, 2.24) is 19.6 Å². The molecule has 0 aliphatic heterocycles. The molecule has 0 saturated heterocycles. The van der Waals surface area contributed by atoms with Crippen molar-refractivity contribution in [3.63, 3.8) is 0 Å². The third kappa shape index (κ3) is 3.01. The second kappa shape index (κ2) is 6.55. The molecule has 0 spiro atoms. The number of para-hydroxylation sites is 1. The molecule has 1 N–H and O–H groups in total. The van der Waals surface area contributed by atoms with Gasteiger partial charge in [0.25, 0.3) is 0 Å². The van der Waals surface area contributed by atoms with E-state index >= 15 is 0 Å². The van der Waals surface area contributed by atoms with E-state index in [2.05, 4.69) is 16.1 Å². The lowest BCUT2D eigenvalue weighted by atomic mass is 10.1. The largest absolute Gasteiger partial charge is 0.481 e. The van der Waals surface area contributed by atoms with Gasteiger partial charge in [-0.15, -0.1) is 0 Å². The average Bonchev–Trinajstić information content (AvgIpc) is 3.05. The Hall–Kier alpha value is -3.28. The molecule has 4 aromatic rings. The Morgan fingerprint density at radius 3 is 2.88 bits per heavy atom. The van der Waals surface area contributed by atoms with Gasteiger partial charge in [-0.05, 0) is 38.0 Å². The molecule has 6 nitrogen and oxygen atoms in total. The van der Waals surface area contributed by atoms with Crippen LogP contribution in [0.5, 0.6) is 0 Å². The monoisotopic (exact) mass is 346 g/mol. The number of fused-ring (bicyclic) bond motifs is 2. The fraction of sp³-hybridized carbons (Fsp3) is 0.200. The first-order chi connectivity index (χ1) is 12.6. The number of pyridine rings is 1. The number of hydrogen-bond acceptors (Lipinski definition) is 4. The van der Waals surface area contributed by atoms with Gasteiger partial charge in [-0.3, -0.25) is 9.78 Å². The molecule has 0 atom stereocenters. The maximum Gasteiger partial charge on any atom is 0.303 e. The first kappa shape index (κ1) is 16.2. The SMILES string of the molecule is Cc1cc(CCCC(=O)O)nc2c(-c3cnc4ccccc4c3)cnn12. The quantitative estimate of drug-likeness (QED) is 0.596. The van der Waals surface area contributed by atoms with Crippen LogP contribution in [-0.2, 0) is 11.2 Å². The fourth-order valence-corrected chi connectivity index (χ4v) is 3.15. The molecule has 3 aromatic heterocycles. The smallest absolute Gasteiger partial charge is 0.303 e. The van der Waals surface area contributed by atoms with Crippen LogP contribution >= 0.6 is 0 Å². The highest BCUT2D eigenvalue weighted by atomic mass is 16.4. The number of aromatic nitrogens is 4. The topological polar surface area (TPSA) is 80.4 Å². The van der Waals surface area contributed by atoms with Gasteiger partial charge in [-0.25, -0.2) is 9.50 Å². The molecule has 26 heavy (non-hydrogen) atoms. The minimum Gasteiger partial charge on any atom is -0.481 e. The van der Waals surface area contributed by atoms with E-state index in [0.717, 1.165) is 39.1 Å². The van der Waals surface area contributed by atoms with Crippen molar-refractivity contribution in [2.75, 3.05) is 0 Å². The summed E-state index contributed by atoms with van der Waals surface area (Å²) in [6.07, 6.45) is 4.99. The van der Waals surface area contributed by atoms with Crippen molar-refractivity contribution in [3.8, 4) is 11.1 Å². The molecular weight excluding hydrogens is 328 g/mol. The summed E-state index contributed by atoms with van der Waals surface area (Å²) in [4.78, 5) is 20.0. The average molecular weight is 346 g/mol. The summed E-state index contributed by atoms with van der Waals surface area (Å²) in [5.74, 6) is -0.782. The maximum absolute atomic E-state index is 10.7. The van der Waals surface area contributed by atoms with E-state index in [9.17, 15) is 4.79 Å². The lowest BCUT2D eigenvalue weighted by Crippen LogP contribution is -2.02. The van der Waals surface area contributed by atoms with Crippen LogP contribution in [0.15, 0.2) is 48.8 Å². The third-order valence-corrected chi connectivity index (χ3v) is 4.43. The van der Waals surface area contributed by atoms with Crippen LogP contribution in [0, 0.1) is 6.92 Å². The molecule has 0 aliphatic rings. The lowest BCUT2D eigenvalue weighted by molar-refractivity contribution is -0.137. The predicted molar refractivity (Wildman–Crippen MR) is 99.0 cm³/mol. The van der Waals surface area contributed by atoms with Gasteiger partial charge in [0.05, 0.1) is 11.7 Å². The van der Waals surface area contributed by atoms with E-state index in [1.807, 2.05) is 54.2 Å². The van der Waals surface area contributed by atoms with Crippen molar-refractivity contribution in [2.45, 2.75) is 26.2 Å². The zero-order chi connectivity index (χ0) is 18.1. The van der Waals surface area contributed by atoms with Crippen LogP contribution in [0.4, 0.5) is 0 Å². The number of rotatable bonds is 5. The summed E-state index contributed by atoms with van der Waals surface area (Å²) < 4.78 is 1.81. The minimum absolute atomic E-state index is 0.145. The molecule has 0 radical (unpaired) electrons. The van der Waals surface area contributed by atoms with Crippen molar-refractivity contribution < 1.29 is 9.90 Å². The molecule has 0 saturated carbocycles. The summed E-state index contributed by atoms with van der Waals surface area (Å²) in [6.45, 7) is 1.98. The summed E-state index contributed by atoms with van der Waals surface area (Å²) >= 11 is 0. The van der Waals surface area contributed by atoms with Crippen LogP contribution in [0.1, 0.15) is 24.2 Å². The number of carboxylic acids is 1. The lowest BCUT2D eigenvalue weighted by Gasteiger charge is -2.06. The number of aryl methyl sites for hydroxylation is 2. The Morgan fingerprint density at radius 2 is 2.04 bits per heavy atom. The van der Waals surface area contributed by atoms with Crippen molar-refractivity contribution in [3.05, 3.63) is 60.2 Å². The van der Waals surface area contributed by atoms with Crippen molar-refractivity contribution in [1.29, 1.82) is 0 Å². The molecule has 0 fully saturated rings. The molecule has 0 unspecified atom stereocenters. The van der Waals surface area contributed by atoms with Gasteiger partial charge in [0, 0.05) is 40.5 Å². The highest BCUT2D eigenvalue weighted by molar-refractivity contribution is 5.86. The Labute approximate surface area is 150 Å². The van der Waals surface area contributed by atoms with E-state index in [-0.39, 0.29) is 6.42 Å². The van der Waals surface area contributed by atoms with Gasteiger partial charge < -0.3 is 5.11 Å². The molecule has 0 aliphatic carbocycles. The molecule has 3 heterocycles. The molecule has 1 aromatic carbocycles. The van der Waals surface area contributed by atoms with Crippen LogP contribution < -0.4 is 0 Å². The van der Waals surface area contributed by atoms with Gasteiger partial charge in [0.15, 0.2) is 5.65 Å². The Morgan fingerprint density at radius 1 is 1.19 bits per heavy atom. The number of benzene rings is 1. The molecule has 6 heteroatoms. The van der Waals surface area contributed by atoms with Crippen LogP contribution in [0.3, 0.4) is 0 Å². The van der Waals surface area contributed by atoms with Gasteiger partial charge in [-0.2, -0.15) is 5.10 Å². The second-order valence-corrected chi connectivity index (χ2v) is 6.35. The standard InChI is InChI=1S/C20H18N4O2/c1-13-9-16(6-4-8-19(25)26)23-20-17(12-22-24(13)20)15-10-14-5-2-3-7-18(14)21-11-15/h2-3,5,7,9-12H,4,6,8H2,1H3,(H,25,26). The number of hydrogen-bond donors (Lipinski definition) is 1. The zero-order valence-electron chi connectivity index (χ0n) is 14.4.